The molecule has 0 unspecified atom stereocenters. The molecule has 21 heavy (non-hydrogen) atoms. The topological polar surface area (TPSA) is 24.9 Å². The standard InChI is InChI=1S/C15H22Cl2N2O2/c1-18-5-7-19(8-6-18)9-10-20-11-12-21-14-4-2-3-13(16)15(14)17/h2-4H,5-12H2,1H3. The van der Waals surface area contributed by atoms with Gasteiger partial charge >= 0.3 is 0 Å². The molecule has 118 valence electrons. The SMILES string of the molecule is CN1CCN(CCOCCOc2cccc(Cl)c2Cl)CC1. The van der Waals surface area contributed by atoms with E-state index in [1.807, 2.05) is 6.07 Å². The first-order valence-corrected chi connectivity index (χ1v) is 7.98. The Morgan fingerprint density at radius 3 is 2.57 bits per heavy atom. The fourth-order valence-corrected chi connectivity index (χ4v) is 2.52. The van der Waals surface area contributed by atoms with E-state index in [9.17, 15) is 0 Å². The number of rotatable bonds is 7. The number of ether oxygens (including phenoxy) is 2. The molecular weight excluding hydrogens is 311 g/mol. The van der Waals surface area contributed by atoms with E-state index in [-0.39, 0.29) is 0 Å². The third-order valence-corrected chi connectivity index (χ3v) is 4.35. The molecule has 0 radical (unpaired) electrons. The molecule has 1 aromatic carbocycles. The first kappa shape index (κ1) is 16.8. The van der Waals surface area contributed by atoms with Gasteiger partial charge in [0.15, 0.2) is 0 Å². The van der Waals surface area contributed by atoms with Gasteiger partial charge < -0.3 is 14.4 Å². The van der Waals surface area contributed by atoms with Crippen LogP contribution in [0.25, 0.3) is 0 Å². The largest absolute Gasteiger partial charge is 0.490 e. The van der Waals surface area contributed by atoms with Crippen molar-refractivity contribution in [3.63, 3.8) is 0 Å². The predicted octanol–water partition coefficient (Wildman–Crippen LogP) is 2.64. The maximum absolute atomic E-state index is 6.04. The number of hydrogen-bond acceptors (Lipinski definition) is 4. The monoisotopic (exact) mass is 332 g/mol. The van der Waals surface area contributed by atoms with Crippen molar-refractivity contribution in [2.24, 2.45) is 0 Å². The summed E-state index contributed by atoms with van der Waals surface area (Å²) in [5.41, 5.74) is 0. The molecule has 1 heterocycles. The van der Waals surface area contributed by atoms with E-state index in [0.29, 0.717) is 29.0 Å². The highest BCUT2D eigenvalue weighted by Crippen LogP contribution is 2.31. The minimum atomic E-state index is 0.455. The van der Waals surface area contributed by atoms with Crippen LogP contribution >= 0.6 is 23.2 Å². The normalized spacial score (nSPS) is 17.1. The summed E-state index contributed by atoms with van der Waals surface area (Å²) in [6, 6.07) is 5.36. The molecule has 1 fully saturated rings. The first-order valence-electron chi connectivity index (χ1n) is 7.22. The fourth-order valence-electron chi connectivity index (χ4n) is 2.17. The van der Waals surface area contributed by atoms with Crippen molar-refractivity contribution >= 4 is 23.2 Å². The van der Waals surface area contributed by atoms with Gasteiger partial charge in [0.2, 0.25) is 0 Å². The summed E-state index contributed by atoms with van der Waals surface area (Å²) in [5, 5.41) is 0.960. The molecule has 0 amide bonds. The number of halogens is 2. The van der Waals surface area contributed by atoms with E-state index >= 15 is 0 Å². The van der Waals surface area contributed by atoms with Crippen molar-refractivity contribution in [3.8, 4) is 5.75 Å². The zero-order valence-electron chi connectivity index (χ0n) is 12.4. The Labute approximate surface area is 136 Å². The van der Waals surface area contributed by atoms with Gasteiger partial charge in [0, 0.05) is 32.7 Å². The lowest BCUT2D eigenvalue weighted by atomic mass is 10.3. The summed E-state index contributed by atoms with van der Waals surface area (Å²) in [6.45, 7) is 7.25. The maximum Gasteiger partial charge on any atom is 0.139 e. The summed E-state index contributed by atoms with van der Waals surface area (Å²) in [5.74, 6) is 0.604. The third kappa shape index (κ3) is 5.64. The summed E-state index contributed by atoms with van der Waals surface area (Å²) in [7, 11) is 2.16. The highest BCUT2D eigenvalue weighted by molar-refractivity contribution is 6.42. The summed E-state index contributed by atoms with van der Waals surface area (Å²) < 4.78 is 11.2. The molecule has 0 saturated carbocycles. The first-order chi connectivity index (χ1) is 10.2. The lowest BCUT2D eigenvalue weighted by Crippen LogP contribution is -2.45. The number of hydrogen-bond donors (Lipinski definition) is 0. The molecule has 0 aliphatic carbocycles. The molecule has 0 atom stereocenters. The average molecular weight is 333 g/mol. The third-order valence-electron chi connectivity index (χ3n) is 3.55. The molecule has 0 aromatic heterocycles. The maximum atomic E-state index is 6.04. The van der Waals surface area contributed by atoms with Gasteiger partial charge in [0.25, 0.3) is 0 Å². The van der Waals surface area contributed by atoms with E-state index in [2.05, 4.69) is 16.8 Å². The van der Waals surface area contributed by atoms with Gasteiger partial charge in [-0.25, -0.2) is 0 Å². The minimum absolute atomic E-state index is 0.455. The molecule has 2 rings (SSSR count). The van der Waals surface area contributed by atoms with Gasteiger partial charge in [-0.15, -0.1) is 0 Å². The van der Waals surface area contributed by atoms with Gasteiger partial charge in [-0.05, 0) is 19.2 Å². The number of nitrogens with zero attached hydrogens (tertiary/aromatic N) is 2. The van der Waals surface area contributed by atoms with Gasteiger partial charge in [-0.2, -0.15) is 0 Å². The van der Waals surface area contributed by atoms with Gasteiger partial charge in [0.1, 0.15) is 17.4 Å². The van der Waals surface area contributed by atoms with Crippen LogP contribution in [0.3, 0.4) is 0 Å². The Morgan fingerprint density at radius 2 is 1.81 bits per heavy atom. The summed E-state index contributed by atoms with van der Waals surface area (Å²) in [4.78, 5) is 4.77. The van der Waals surface area contributed by atoms with E-state index in [1.54, 1.807) is 12.1 Å². The van der Waals surface area contributed by atoms with Crippen LogP contribution in [0.2, 0.25) is 10.0 Å². The van der Waals surface area contributed by atoms with Crippen LogP contribution in [-0.2, 0) is 4.74 Å². The van der Waals surface area contributed by atoms with Gasteiger partial charge in [0.05, 0.1) is 18.2 Å². The fraction of sp³-hybridized carbons (Fsp3) is 0.600. The Kier molecular flexibility index (Phi) is 7.07. The molecule has 0 N–H and O–H groups in total. The molecule has 1 saturated heterocycles. The second kappa shape index (κ2) is 8.81. The van der Waals surface area contributed by atoms with E-state index in [4.69, 9.17) is 32.7 Å². The van der Waals surface area contributed by atoms with Crippen LogP contribution in [0, 0.1) is 0 Å². The quantitative estimate of drug-likeness (QED) is 0.716. The Morgan fingerprint density at radius 1 is 1.05 bits per heavy atom. The second-order valence-electron chi connectivity index (χ2n) is 5.16. The molecule has 0 bridgehead atoms. The van der Waals surface area contributed by atoms with Crippen LogP contribution in [-0.4, -0.2) is 69.4 Å². The predicted molar refractivity (Wildman–Crippen MR) is 86.7 cm³/mol. The van der Waals surface area contributed by atoms with Crippen molar-refractivity contribution < 1.29 is 9.47 Å². The van der Waals surface area contributed by atoms with Crippen LogP contribution < -0.4 is 4.74 Å². The van der Waals surface area contributed by atoms with Crippen LogP contribution in [0.15, 0.2) is 18.2 Å². The Hall–Kier alpha value is -0.520. The molecule has 4 nitrogen and oxygen atoms in total. The molecule has 1 aromatic rings. The van der Waals surface area contributed by atoms with Crippen LogP contribution in [0.1, 0.15) is 0 Å². The molecule has 1 aliphatic rings. The van der Waals surface area contributed by atoms with E-state index in [0.717, 1.165) is 39.3 Å². The van der Waals surface area contributed by atoms with Crippen molar-refractivity contribution in [1.29, 1.82) is 0 Å². The Balaban J connectivity index is 1.55. The number of likely N-dealkylation sites (N-methyl/N-ethyl adjacent to an activating group) is 1. The lowest BCUT2D eigenvalue weighted by Gasteiger charge is -2.32. The highest BCUT2D eigenvalue weighted by atomic mass is 35.5. The molecular formula is C15H22Cl2N2O2. The van der Waals surface area contributed by atoms with E-state index < -0.39 is 0 Å². The van der Waals surface area contributed by atoms with Crippen molar-refractivity contribution in [2.45, 2.75) is 0 Å². The van der Waals surface area contributed by atoms with Crippen LogP contribution in [0.5, 0.6) is 5.75 Å². The zero-order valence-corrected chi connectivity index (χ0v) is 13.9. The molecule has 1 aliphatic heterocycles. The van der Waals surface area contributed by atoms with Crippen LogP contribution in [0.4, 0.5) is 0 Å². The minimum Gasteiger partial charge on any atom is -0.490 e. The Bertz CT molecular complexity index is 438. The van der Waals surface area contributed by atoms with Crippen molar-refractivity contribution in [2.75, 3.05) is 59.6 Å². The van der Waals surface area contributed by atoms with Crippen molar-refractivity contribution in [3.05, 3.63) is 28.2 Å². The van der Waals surface area contributed by atoms with Gasteiger partial charge in [-0.1, -0.05) is 29.3 Å². The number of benzene rings is 1. The molecule has 0 spiro atoms. The van der Waals surface area contributed by atoms with Gasteiger partial charge in [-0.3, -0.25) is 4.90 Å². The smallest absolute Gasteiger partial charge is 0.139 e. The average Bonchev–Trinajstić information content (AvgIpc) is 2.49. The zero-order chi connectivity index (χ0) is 15.1. The highest BCUT2D eigenvalue weighted by Gasteiger charge is 2.12. The summed E-state index contributed by atoms with van der Waals surface area (Å²) in [6.07, 6.45) is 0. The van der Waals surface area contributed by atoms with Crippen molar-refractivity contribution in [1.82, 2.24) is 9.80 Å². The molecule has 6 heteroatoms. The lowest BCUT2D eigenvalue weighted by molar-refractivity contribution is 0.0658. The second-order valence-corrected chi connectivity index (χ2v) is 5.94. The summed E-state index contributed by atoms with van der Waals surface area (Å²) >= 11 is 12.0. The number of piperazine rings is 1. The van der Waals surface area contributed by atoms with E-state index in [1.165, 1.54) is 0 Å².